The molecule has 0 unspecified atom stereocenters. The minimum absolute atomic E-state index is 0.0534. The number of amides is 1. The van der Waals surface area contributed by atoms with Crippen molar-refractivity contribution in [3.05, 3.63) is 95.1 Å². The molecule has 8 nitrogen and oxygen atoms in total. The van der Waals surface area contributed by atoms with E-state index < -0.39 is 53.4 Å². The van der Waals surface area contributed by atoms with Gasteiger partial charge in [-0.15, -0.1) is 0 Å². The molecule has 0 bridgehead atoms. The van der Waals surface area contributed by atoms with Crippen LogP contribution in [0.15, 0.2) is 55.0 Å². The van der Waals surface area contributed by atoms with Crippen LogP contribution in [-0.4, -0.2) is 37.4 Å². The van der Waals surface area contributed by atoms with Crippen molar-refractivity contribution >= 4 is 17.2 Å². The maximum atomic E-state index is 14.0. The Hall–Kier alpha value is -4.88. The number of para-hydroxylation sites is 1. The zero-order valence-corrected chi connectivity index (χ0v) is 19.8. The number of alkyl halides is 2. The third-order valence-electron chi connectivity index (χ3n) is 5.77. The van der Waals surface area contributed by atoms with E-state index in [1.165, 1.54) is 13.3 Å². The highest BCUT2D eigenvalue weighted by Gasteiger charge is 2.23. The van der Waals surface area contributed by atoms with Gasteiger partial charge >= 0.3 is 0 Å². The molecule has 0 saturated carbocycles. The van der Waals surface area contributed by atoms with Gasteiger partial charge in [0.1, 0.15) is 22.8 Å². The molecule has 3 aromatic heterocycles. The van der Waals surface area contributed by atoms with Crippen molar-refractivity contribution < 1.29 is 35.9 Å². The summed E-state index contributed by atoms with van der Waals surface area (Å²) in [6, 6.07) is 7.97. The van der Waals surface area contributed by atoms with Crippen LogP contribution in [0.25, 0.3) is 16.9 Å². The zero-order valence-electron chi connectivity index (χ0n) is 19.8. The molecule has 0 aliphatic rings. The van der Waals surface area contributed by atoms with Gasteiger partial charge in [0.05, 0.1) is 37.4 Å². The largest absolute Gasteiger partial charge is 0.496 e. The van der Waals surface area contributed by atoms with Crippen LogP contribution in [0, 0.1) is 23.3 Å². The number of hydrogen-bond donors (Lipinski definition) is 1. The van der Waals surface area contributed by atoms with Crippen molar-refractivity contribution in [3.8, 4) is 17.0 Å². The van der Waals surface area contributed by atoms with Gasteiger partial charge in [0.25, 0.3) is 12.3 Å². The van der Waals surface area contributed by atoms with Crippen LogP contribution >= 0.6 is 0 Å². The molecule has 0 saturated heterocycles. The molecule has 0 spiro atoms. The van der Waals surface area contributed by atoms with E-state index in [0.29, 0.717) is 11.3 Å². The van der Waals surface area contributed by atoms with Gasteiger partial charge in [-0.1, -0.05) is 12.1 Å². The Labute approximate surface area is 215 Å². The lowest BCUT2D eigenvalue weighted by Gasteiger charge is -2.11. The Morgan fingerprint density at radius 3 is 2.54 bits per heavy atom. The summed E-state index contributed by atoms with van der Waals surface area (Å²) in [6.45, 7) is -0.608. The number of ether oxygens (including phenoxy) is 1. The lowest BCUT2D eigenvalue weighted by molar-refractivity contribution is 0.102. The zero-order chi connectivity index (χ0) is 27.8. The van der Waals surface area contributed by atoms with Crippen LogP contribution < -0.4 is 10.1 Å². The Kier molecular flexibility index (Phi) is 6.68. The van der Waals surface area contributed by atoms with E-state index in [1.54, 1.807) is 24.3 Å². The Bertz CT molecular complexity index is 1720. The summed E-state index contributed by atoms with van der Waals surface area (Å²) in [6.07, 6.45) is 0.432. The number of methoxy groups -OCH3 is 1. The maximum absolute atomic E-state index is 14.0. The Morgan fingerprint density at radius 2 is 1.79 bits per heavy atom. The number of nitrogens with one attached hydrogen (secondary N) is 1. The minimum atomic E-state index is -2.95. The second-order valence-corrected chi connectivity index (χ2v) is 8.19. The monoisotopic (exact) mass is 546 g/mol. The van der Waals surface area contributed by atoms with E-state index in [4.69, 9.17) is 4.74 Å². The molecule has 0 radical (unpaired) electrons. The van der Waals surface area contributed by atoms with Gasteiger partial charge in [0.2, 0.25) is 0 Å². The smallest absolute Gasteiger partial charge is 0.280 e. The van der Waals surface area contributed by atoms with Crippen molar-refractivity contribution in [2.24, 2.45) is 0 Å². The van der Waals surface area contributed by atoms with Crippen molar-refractivity contribution in [2.45, 2.75) is 13.0 Å². The highest BCUT2D eigenvalue weighted by atomic mass is 19.3. The van der Waals surface area contributed by atoms with Crippen LogP contribution in [0.5, 0.6) is 5.75 Å². The number of carbonyl (C=O) groups excluding carboxylic acids is 1. The number of fused-ring (bicyclic) bond motifs is 1. The molecule has 200 valence electrons. The standard InChI is InChI=1S/C25H16F6N6O2/c1-39-20-5-3-2-4-13(20)18-7-19(23(30)31)37-24(35-18)14(9-33-37)25(38)34-12-8-32-36(10-12)11-15-16(26)6-17(27)22(29)21(15)28/h2-10,23H,11H2,1H3,(H,34,38). The fourth-order valence-corrected chi connectivity index (χ4v) is 3.92. The Morgan fingerprint density at radius 1 is 1.03 bits per heavy atom. The Balaban J connectivity index is 1.46. The van der Waals surface area contributed by atoms with E-state index >= 15 is 0 Å². The number of carbonyl (C=O) groups is 1. The van der Waals surface area contributed by atoms with Crippen LogP contribution in [0.4, 0.5) is 32.0 Å². The fraction of sp³-hybridized carbons (Fsp3) is 0.120. The van der Waals surface area contributed by atoms with Crippen LogP contribution in [0.1, 0.15) is 28.0 Å². The second kappa shape index (κ2) is 10.1. The normalized spacial score (nSPS) is 11.4. The average Bonchev–Trinajstić information content (AvgIpc) is 3.55. The molecule has 39 heavy (non-hydrogen) atoms. The molecule has 0 atom stereocenters. The summed E-state index contributed by atoms with van der Waals surface area (Å²) >= 11 is 0. The van der Waals surface area contributed by atoms with Gasteiger partial charge in [-0.25, -0.2) is 35.8 Å². The quantitative estimate of drug-likeness (QED) is 0.168. The van der Waals surface area contributed by atoms with Gasteiger partial charge < -0.3 is 10.1 Å². The van der Waals surface area contributed by atoms with Gasteiger partial charge in [-0.3, -0.25) is 9.48 Å². The number of anilines is 1. The first kappa shape index (κ1) is 25.8. The van der Waals surface area contributed by atoms with Gasteiger partial charge in [-0.2, -0.15) is 10.2 Å². The summed E-state index contributed by atoms with van der Waals surface area (Å²) in [4.78, 5) is 17.4. The lowest BCUT2D eigenvalue weighted by atomic mass is 10.1. The van der Waals surface area contributed by atoms with Crippen molar-refractivity contribution in [1.82, 2.24) is 24.4 Å². The van der Waals surface area contributed by atoms with Gasteiger partial charge in [-0.05, 0) is 18.2 Å². The summed E-state index contributed by atoms with van der Waals surface area (Å²) in [5, 5.41) is 10.2. The van der Waals surface area contributed by atoms with Crippen LogP contribution in [0.2, 0.25) is 0 Å². The summed E-state index contributed by atoms with van der Waals surface area (Å²) in [7, 11) is 1.42. The van der Waals surface area contributed by atoms with Crippen molar-refractivity contribution in [3.63, 3.8) is 0 Å². The summed E-state index contributed by atoms with van der Waals surface area (Å²) in [5.41, 5.74) is -1.02. The molecule has 5 rings (SSSR count). The maximum Gasteiger partial charge on any atom is 0.280 e. The number of benzene rings is 2. The molecule has 2 aromatic carbocycles. The SMILES string of the molecule is COc1ccccc1-c1cc(C(F)F)n2ncc(C(=O)Nc3cnn(Cc4c(F)cc(F)c(F)c4F)c3)c2n1. The minimum Gasteiger partial charge on any atom is -0.496 e. The first-order chi connectivity index (χ1) is 18.7. The van der Waals surface area contributed by atoms with E-state index in [9.17, 15) is 31.1 Å². The van der Waals surface area contributed by atoms with E-state index in [2.05, 4.69) is 20.5 Å². The molecular weight excluding hydrogens is 530 g/mol. The second-order valence-electron chi connectivity index (χ2n) is 8.19. The molecule has 5 aromatic rings. The fourth-order valence-electron chi connectivity index (χ4n) is 3.92. The molecule has 3 heterocycles. The topological polar surface area (TPSA) is 86.3 Å². The van der Waals surface area contributed by atoms with Crippen molar-refractivity contribution in [1.29, 1.82) is 0 Å². The first-order valence-electron chi connectivity index (χ1n) is 11.1. The molecule has 1 N–H and O–H groups in total. The number of rotatable bonds is 7. The average molecular weight is 546 g/mol. The molecular formula is C25H16F6N6O2. The number of hydrogen-bond acceptors (Lipinski definition) is 5. The van der Waals surface area contributed by atoms with E-state index in [1.807, 2.05) is 0 Å². The highest BCUT2D eigenvalue weighted by Crippen LogP contribution is 2.32. The predicted molar refractivity (Wildman–Crippen MR) is 125 cm³/mol. The van der Waals surface area contributed by atoms with Crippen LogP contribution in [0.3, 0.4) is 0 Å². The van der Waals surface area contributed by atoms with Gasteiger partial charge in [0.15, 0.2) is 23.1 Å². The molecule has 0 fully saturated rings. The first-order valence-corrected chi connectivity index (χ1v) is 11.1. The number of halogens is 6. The third-order valence-corrected chi connectivity index (χ3v) is 5.77. The predicted octanol–water partition coefficient (Wildman–Crippen LogP) is 5.40. The van der Waals surface area contributed by atoms with Crippen LogP contribution in [-0.2, 0) is 6.54 Å². The molecule has 0 aliphatic carbocycles. The number of aromatic nitrogens is 5. The summed E-state index contributed by atoms with van der Waals surface area (Å²) < 4.78 is 89.6. The van der Waals surface area contributed by atoms with E-state index in [-0.39, 0.29) is 28.7 Å². The van der Waals surface area contributed by atoms with Crippen molar-refractivity contribution in [2.75, 3.05) is 12.4 Å². The number of nitrogens with zero attached hydrogens (tertiary/aromatic N) is 5. The molecule has 0 aliphatic heterocycles. The summed E-state index contributed by atoms with van der Waals surface area (Å²) in [5.74, 6) is -6.94. The molecule has 1 amide bonds. The molecule has 14 heteroatoms. The highest BCUT2D eigenvalue weighted by molar-refractivity contribution is 6.08. The van der Waals surface area contributed by atoms with E-state index in [0.717, 1.165) is 27.7 Å². The van der Waals surface area contributed by atoms with Gasteiger partial charge in [0, 0.05) is 23.4 Å². The third kappa shape index (κ3) is 4.76. The lowest BCUT2D eigenvalue weighted by Crippen LogP contribution is -2.12.